The molecule has 4 nitrogen and oxygen atoms in total. The molecule has 124 valence electrons. The summed E-state index contributed by atoms with van der Waals surface area (Å²) >= 11 is 0. The van der Waals surface area contributed by atoms with Crippen LogP contribution < -0.4 is 0 Å². The third kappa shape index (κ3) is 1.88. The summed E-state index contributed by atoms with van der Waals surface area (Å²) < 4.78 is 2.04. The second-order valence-electron chi connectivity index (χ2n) is 7.03. The van der Waals surface area contributed by atoms with Gasteiger partial charge in [0.15, 0.2) is 0 Å². The Hall–Kier alpha value is -2.88. The molecule has 0 unspecified atom stereocenters. The van der Waals surface area contributed by atoms with Gasteiger partial charge in [-0.3, -0.25) is 9.78 Å². The normalized spacial score (nSPS) is 17.2. The maximum atomic E-state index is 12.9. The van der Waals surface area contributed by atoms with Crippen LogP contribution in [-0.2, 0) is 5.54 Å². The van der Waals surface area contributed by atoms with Gasteiger partial charge in [-0.15, -0.1) is 0 Å². The van der Waals surface area contributed by atoms with Gasteiger partial charge in [-0.2, -0.15) is 0 Å². The molecule has 0 N–H and O–H groups in total. The lowest BCUT2D eigenvalue weighted by atomic mass is 9.96. The number of aromatic nitrogens is 2. The summed E-state index contributed by atoms with van der Waals surface area (Å²) in [5.41, 5.74) is 6.21. The Morgan fingerprint density at radius 1 is 1.12 bits per heavy atom. The van der Waals surface area contributed by atoms with Crippen LogP contribution in [0.5, 0.6) is 0 Å². The minimum Gasteiger partial charge on any atom is -0.331 e. The molecule has 0 radical (unpaired) electrons. The highest BCUT2D eigenvalue weighted by atomic mass is 16.2. The number of nitrogens with zero attached hydrogens (tertiary/aromatic N) is 3. The molecule has 1 spiro atoms. The Balaban J connectivity index is 1.79. The molecular weight excluding hydrogens is 310 g/mol. The fourth-order valence-corrected chi connectivity index (χ4v) is 4.12. The topological polar surface area (TPSA) is 38.1 Å². The van der Waals surface area contributed by atoms with Crippen molar-refractivity contribution in [3.05, 3.63) is 71.8 Å². The zero-order valence-corrected chi connectivity index (χ0v) is 14.4. The molecule has 5 rings (SSSR count). The number of benzene rings is 1. The van der Waals surface area contributed by atoms with E-state index in [0.717, 1.165) is 41.0 Å². The highest BCUT2D eigenvalue weighted by Gasteiger charge is 2.53. The smallest absolute Gasteiger partial charge is 0.271 e. The monoisotopic (exact) mass is 329 g/mol. The Morgan fingerprint density at radius 3 is 2.72 bits per heavy atom. The number of pyridine rings is 1. The lowest BCUT2D eigenvalue weighted by molar-refractivity contribution is 0.0705. The lowest BCUT2D eigenvalue weighted by Gasteiger charge is -2.27. The molecule has 1 aliphatic carbocycles. The number of rotatable bonds is 1. The Morgan fingerprint density at radius 2 is 1.96 bits per heavy atom. The molecule has 4 heteroatoms. The molecule has 0 atom stereocenters. The van der Waals surface area contributed by atoms with Gasteiger partial charge in [-0.1, -0.05) is 18.2 Å². The molecule has 0 bridgehead atoms. The van der Waals surface area contributed by atoms with Gasteiger partial charge in [0.25, 0.3) is 5.91 Å². The van der Waals surface area contributed by atoms with Crippen LogP contribution in [0.25, 0.3) is 16.8 Å². The van der Waals surface area contributed by atoms with E-state index in [4.69, 9.17) is 0 Å². The number of carbonyl (C=O) groups excluding carboxylic acids is 1. The van der Waals surface area contributed by atoms with E-state index in [1.165, 1.54) is 5.56 Å². The van der Waals surface area contributed by atoms with Crippen LogP contribution in [0.3, 0.4) is 0 Å². The van der Waals surface area contributed by atoms with Gasteiger partial charge in [-0.25, -0.2) is 0 Å². The molecule has 1 aromatic carbocycles. The zero-order valence-electron chi connectivity index (χ0n) is 14.4. The maximum absolute atomic E-state index is 12.9. The standard InChI is InChI=1S/C21H19N3O/c1-14-16(5-3-11-22-14)15-7-8-17-19(13-15)24-12-4-6-18(24)20(25)23(2)21(17)9-10-21/h3-8,11-13H,9-10H2,1-2H3. The third-order valence-corrected chi connectivity index (χ3v) is 5.71. The van der Waals surface area contributed by atoms with Gasteiger partial charge in [0.1, 0.15) is 5.69 Å². The Kier molecular flexibility index (Phi) is 2.79. The van der Waals surface area contributed by atoms with E-state index in [1.807, 2.05) is 54.0 Å². The predicted octanol–water partition coefficient (Wildman–Crippen LogP) is 3.92. The average molecular weight is 329 g/mol. The molecule has 1 aliphatic heterocycles. The number of carbonyl (C=O) groups is 1. The number of hydrogen-bond donors (Lipinski definition) is 0. The number of aryl methyl sites for hydroxylation is 1. The molecule has 25 heavy (non-hydrogen) atoms. The highest BCUT2D eigenvalue weighted by Crippen LogP contribution is 2.54. The van der Waals surface area contributed by atoms with E-state index in [-0.39, 0.29) is 11.4 Å². The summed E-state index contributed by atoms with van der Waals surface area (Å²) in [5, 5.41) is 0. The van der Waals surface area contributed by atoms with Crippen LogP contribution in [0.1, 0.15) is 34.6 Å². The molecule has 1 fully saturated rings. The molecular formula is C21H19N3O. The molecule has 3 heterocycles. The van der Waals surface area contributed by atoms with Crippen molar-refractivity contribution in [3.63, 3.8) is 0 Å². The summed E-state index contributed by atoms with van der Waals surface area (Å²) in [6.07, 6.45) is 5.86. The Bertz CT molecular complexity index is 1010. The van der Waals surface area contributed by atoms with Crippen molar-refractivity contribution in [2.24, 2.45) is 0 Å². The average Bonchev–Trinajstić information content (AvgIpc) is 3.30. The number of amides is 1. The quantitative estimate of drug-likeness (QED) is 0.678. The maximum Gasteiger partial charge on any atom is 0.271 e. The summed E-state index contributed by atoms with van der Waals surface area (Å²) in [7, 11) is 1.93. The minimum atomic E-state index is -0.145. The molecule has 2 aliphatic rings. The minimum absolute atomic E-state index is 0.0952. The van der Waals surface area contributed by atoms with E-state index in [0.29, 0.717) is 0 Å². The van der Waals surface area contributed by atoms with Crippen LogP contribution in [0.2, 0.25) is 0 Å². The van der Waals surface area contributed by atoms with E-state index in [2.05, 4.69) is 29.2 Å². The zero-order chi connectivity index (χ0) is 17.2. The van der Waals surface area contributed by atoms with Crippen molar-refractivity contribution in [2.45, 2.75) is 25.3 Å². The fourth-order valence-electron chi connectivity index (χ4n) is 4.12. The predicted molar refractivity (Wildman–Crippen MR) is 96.7 cm³/mol. The van der Waals surface area contributed by atoms with Gasteiger partial charge in [0.05, 0.1) is 11.2 Å². The van der Waals surface area contributed by atoms with Crippen molar-refractivity contribution >= 4 is 5.91 Å². The van der Waals surface area contributed by atoms with Gasteiger partial charge in [-0.05, 0) is 49.6 Å². The van der Waals surface area contributed by atoms with Crippen molar-refractivity contribution in [2.75, 3.05) is 7.05 Å². The summed E-state index contributed by atoms with van der Waals surface area (Å²) in [6.45, 7) is 2.03. The summed E-state index contributed by atoms with van der Waals surface area (Å²) in [6, 6.07) is 14.5. The molecule has 1 saturated carbocycles. The number of hydrogen-bond acceptors (Lipinski definition) is 2. The Labute approximate surface area is 146 Å². The lowest BCUT2D eigenvalue weighted by Crippen LogP contribution is -2.36. The van der Waals surface area contributed by atoms with E-state index >= 15 is 0 Å². The van der Waals surface area contributed by atoms with Crippen LogP contribution in [0.15, 0.2) is 54.9 Å². The van der Waals surface area contributed by atoms with E-state index < -0.39 is 0 Å². The SMILES string of the molecule is Cc1ncccc1-c1ccc2c(c1)-n1cccc1C(=O)N(C)C21CC1. The van der Waals surface area contributed by atoms with Crippen molar-refractivity contribution in [1.29, 1.82) is 0 Å². The van der Waals surface area contributed by atoms with Gasteiger partial charge in [0, 0.05) is 36.3 Å². The van der Waals surface area contributed by atoms with Gasteiger partial charge in [0.2, 0.25) is 0 Å². The van der Waals surface area contributed by atoms with Crippen molar-refractivity contribution in [3.8, 4) is 16.8 Å². The first kappa shape index (κ1) is 14.5. The van der Waals surface area contributed by atoms with Crippen molar-refractivity contribution in [1.82, 2.24) is 14.5 Å². The second kappa shape index (κ2) is 4.82. The third-order valence-electron chi connectivity index (χ3n) is 5.71. The molecule has 3 aromatic rings. The number of fused-ring (bicyclic) bond motifs is 4. The van der Waals surface area contributed by atoms with E-state index in [1.54, 1.807) is 0 Å². The molecule has 2 aromatic heterocycles. The van der Waals surface area contributed by atoms with Crippen molar-refractivity contribution < 1.29 is 4.79 Å². The van der Waals surface area contributed by atoms with Gasteiger partial charge < -0.3 is 9.47 Å². The largest absolute Gasteiger partial charge is 0.331 e. The van der Waals surface area contributed by atoms with Crippen LogP contribution >= 0.6 is 0 Å². The van der Waals surface area contributed by atoms with Crippen LogP contribution in [-0.4, -0.2) is 27.4 Å². The molecule has 0 saturated heterocycles. The highest BCUT2D eigenvalue weighted by molar-refractivity contribution is 5.95. The first-order valence-electron chi connectivity index (χ1n) is 8.64. The van der Waals surface area contributed by atoms with E-state index in [9.17, 15) is 4.79 Å². The summed E-state index contributed by atoms with van der Waals surface area (Å²) in [4.78, 5) is 19.3. The first-order valence-corrected chi connectivity index (χ1v) is 8.64. The molecule has 1 amide bonds. The summed E-state index contributed by atoms with van der Waals surface area (Å²) in [5.74, 6) is 0.0952. The van der Waals surface area contributed by atoms with Crippen LogP contribution in [0.4, 0.5) is 0 Å². The second-order valence-corrected chi connectivity index (χ2v) is 7.03. The van der Waals surface area contributed by atoms with Crippen LogP contribution in [0, 0.1) is 6.92 Å². The fraction of sp³-hybridized carbons (Fsp3) is 0.238. The van der Waals surface area contributed by atoms with Gasteiger partial charge >= 0.3 is 0 Å². The first-order chi connectivity index (χ1) is 12.1.